The molecule has 0 aromatic heterocycles. The summed E-state index contributed by atoms with van der Waals surface area (Å²) in [6.45, 7) is 2.34. The highest BCUT2D eigenvalue weighted by atomic mass is 16.5. The van der Waals surface area contributed by atoms with Gasteiger partial charge in [0.25, 0.3) is 5.91 Å². The van der Waals surface area contributed by atoms with Gasteiger partial charge in [0.05, 0.1) is 18.3 Å². The Balaban J connectivity index is 1.44. The average Bonchev–Trinajstić information content (AvgIpc) is 3.25. The van der Waals surface area contributed by atoms with Crippen LogP contribution in [0.2, 0.25) is 0 Å². The van der Waals surface area contributed by atoms with Gasteiger partial charge in [-0.1, -0.05) is 24.7 Å². The molecule has 5 nitrogen and oxygen atoms in total. The van der Waals surface area contributed by atoms with Gasteiger partial charge in [0.2, 0.25) is 0 Å². The summed E-state index contributed by atoms with van der Waals surface area (Å²) in [7, 11) is 0. The molecular weight excluding hydrogens is 364 g/mol. The molecule has 1 unspecified atom stereocenters. The lowest BCUT2D eigenvalue weighted by Crippen LogP contribution is -2.34. The zero-order chi connectivity index (χ0) is 20.2. The molecule has 0 spiro atoms. The predicted octanol–water partition coefficient (Wildman–Crippen LogP) is 3.95. The van der Waals surface area contributed by atoms with E-state index in [4.69, 9.17) is 4.74 Å². The third-order valence-electron chi connectivity index (χ3n) is 5.51. The van der Waals surface area contributed by atoms with Gasteiger partial charge in [0, 0.05) is 28.8 Å². The van der Waals surface area contributed by atoms with Gasteiger partial charge in [-0.15, -0.1) is 0 Å². The van der Waals surface area contributed by atoms with E-state index in [0.717, 1.165) is 16.8 Å². The van der Waals surface area contributed by atoms with Gasteiger partial charge < -0.3 is 20.5 Å². The van der Waals surface area contributed by atoms with Crippen molar-refractivity contribution in [2.75, 3.05) is 23.8 Å². The monoisotopic (exact) mass is 390 g/mol. The van der Waals surface area contributed by atoms with E-state index in [2.05, 4.69) is 22.5 Å². The van der Waals surface area contributed by atoms with E-state index in [1.807, 2.05) is 37.3 Å². The Labute approximate surface area is 171 Å². The van der Waals surface area contributed by atoms with Crippen molar-refractivity contribution in [2.45, 2.75) is 38.6 Å². The van der Waals surface area contributed by atoms with Gasteiger partial charge in [0.1, 0.15) is 12.4 Å². The minimum Gasteiger partial charge on any atom is -0.489 e. The number of anilines is 2. The standard InChI is InChI=1S/C24H26N2O3/c1-16-12-18(7-6-17-4-2-3-5-17)8-10-21(16)24(28)26-19-9-11-22-23(13-19)29-15-20(14-27)25-22/h8-13,17,20,25,27H,2-5,14-15H2,1H3,(H,26,28). The van der Waals surface area contributed by atoms with Crippen molar-refractivity contribution in [3.8, 4) is 17.6 Å². The average molecular weight is 390 g/mol. The van der Waals surface area contributed by atoms with Crippen molar-refractivity contribution in [3.05, 3.63) is 53.1 Å². The fourth-order valence-electron chi connectivity index (χ4n) is 3.84. The molecule has 1 saturated carbocycles. The second-order valence-corrected chi connectivity index (χ2v) is 7.78. The minimum absolute atomic E-state index is 0.0121. The van der Waals surface area contributed by atoms with E-state index < -0.39 is 0 Å². The number of amides is 1. The Morgan fingerprint density at radius 2 is 2.07 bits per heavy atom. The van der Waals surface area contributed by atoms with Gasteiger partial charge in [0.15, 0.2) is 0 Å². The van der Waals surface area contributed by atoms with Crippen LogP contribution >= 0.6 is 0 Å². The second-order valence-electron chi connectivity index (χ2n) is 7.78. The van der Waals surface area contributed by atoms with Crippen molar-refractivity contribution in [2.24, 2.45) is 5.92 Å². The largest absolute Gasteiger partial charge is 0.489 e. The van der Waals surface area contributed by atoms with Crippen molar-refractivity contribution < 1.29 is 14.6 Å². The van der Waals surface area contributed by atoms with Crippen LogP contribution in [0.15, 0.2) is 36.4 Å². The lowest BCUT2D eigenvalue weighted by Gasteiger charge is -2.26. The van der Waals surface area contributed by atoms with Crippen LogP contribution in [-0.4, -0.2) is 30.3 Å². The molecule has 1 atom stereocenters. The smallest absolute Gasteiger partial charge is 0.255 e. The van der Waals surface area contributed by atoms with Crippen LogP contribution in [-0.2, 0) is 0 Å². The summed E-state index contributed by atoms with van der Waals surface area (Å²) in [6, 6.07) is 11.1. The number of fused-ring (bicyclic) bond motifs is 1. The lowest BCUT2D eigenvalue weighted by atomic mass is 10.0. The molecule has 0 bridgehead atoms. The Morgan fingerprint density at radius 3 is 2.83 bits per heavy atom. The first kappa shape index (κ1) is 19.4. The number of hydrogen-bond donors (Lipinski definition) is 3. The Kier molecular flexibility index (Phi) is 5.73. The number of aliphatic hydroxyl groups is 1. The van der Waals surface area contributed by atoms with Crippen molar-refractivity contribution in [1.82, 2.24) is 0 Å². The molecule has 3 N–H and O–H groups in total. The molecule has 1 heterocycles. The fraction of sp³-hybridized carbons (Fsp3) is 0.375. The summed E-state index contributed by atoms with van der Waals surface area (Å²) in [5, 5.41) is 15.4. The number of ether oxygens (including phenoxy) is 1. The maximum absolute atomic E-state index is 12.7. The second kappa shape index (κ2) is 8.59. The summed E-state index contributed by atoms with van der Waals surface area (Å²) < 4.78 is 5.67. The third-order valence-corrected chi connectivity index (χ3v) is 5.51. The zero-order valence-electron chi connectivity index (χ0n) is 16.6. The maximum atomic E-state index is 12.7. The van der Waals surface area contributed by atoms with Gasteiger partial charge >= 0.3 is 0 Å². The number of hydrogen-bond acceptors (Lipinski definition) is 4. The first-order chi connectivity index (χ1) is 14.1. The summed E-state index contributed by atoms with van der Waals surface area (Å²) >= 11 is 0. The van der Waals surface area contributed by atoms with Crippen LogP contribution in [0.4, 0.5) is 11.4 Å². The van der Waals surface area contributed by atoms with E-state index >= 15 is 0 Å². The molecule has 1 aliphatic heterocycles. The van der Waals surface area contributed by atoms with Crippen molar-refractivity contribution in [3.63, 3.8) is 0 Å². The van der Waals surface area contributed by atoms with E-state index in [0.29, 0.717) is 29.5 Å². The van der Waals surface area contributed by atoms with Crippen molar-refractivity contribution in [1.29, 1.82) is 0 Å². The van der Waals surface area contributed by atoms with Crippen LogP contribution < -0.4 is 15.4 Å². The van der Waals surface area contributed by atoms with Gasteiger partial charge in [-0.2, -0.15) is 0 Å². The molecule has 29 heavy (non-hydrogen) atoms. The molecule has 2 aromatic carbocycles. The number of rotatable bonds is 3. The summed E-state index contributed by atoms with van der Waals surface area (Å²) in [5.74, 6) is 7.66. The molecule has 0 radical (unpaired) electrons. The van der Waals surface area contributed by atoms with E-state index in [9.17, 15) is 9.90 Å². The summed E-state index contributed by atoms with van der Waals surface area (Å²) in [4.78, 5) is 12.7. The molecule has 1 amide bonds. The summed E-state index contributed by atoms with van der Waals surface area (Å²) in [5.41, 5.74) is 3.98. The molecule has 2 aromatic rings. The predicted molar refractivity (Wildman–Crippen MR) is 114 cm³/mol. The van der Waals surface area contributed by atoms with Crippen LogP contribution in [0.25, 0.3) is 0 Å². The molecule has 2 aliphatic rings. The van der Waals surface area contributed by atoms with Crippen LogP contribution in [0.5, 0.6) is 5.75 Å². The third kappa shape index (κ3) is 4.55. The van der Waals surface area contributed by atoms with Crippen LogP contribution in [0.3, 0.4) is 0 Å². The maximum Gasteiger partial charge on any atom is 0.255 e. The Hall–Kier alpha value is -2.97. The SMILES string of the molecule is Cc1cc(C#CC2CCCC2)ccc1C(=O)Nc1ccc2c(c1)OCC(CO)N2. The van der Waals surface area contributed by atoms with E-state index in [-0.39, 0.29) is 18.6 Å². The Bertz CT molecular complexity index is 968. The minimum atomic E-state index is -0.158. The molecule has 0 saturated heterocycles. The first-order valence-corrected chi connectivity index (χ1v) is 10.2. The number of benzene rings is 2. The van der Waals surface area contributed by atoms with Gasteiger partial charge in [-0.3, -0.25) is 4.79 Å². The van der Waals surface area contributed by atoms with Gasteiger partial charge in [-0.05, 0) is 55.7 Å². The highest BCUT2D eigenvalue weighted by Crippen LogP contribution is 2.32. The van der Waals surface area contributed by atoms with E-state index in [1.54, 1.807) is 6.07 Å². The Morgan fingerprint density at radius 1 is 1.24 bits per heavy atom. The zero-order valence-corrected chi connectivity index (χ0v) is 16.6. The lowest BCUT2D eigenvalue weighted by molar-refractivity contribution is 0.102. The topological polar surface area (TPSA) is 70.6 Å². The normalized spacial score (nSPS) is 18.1. The first-order valence-electron chi connectivity index (χ1n) is 10.2. The van der Waals surface area contributed by atoms with E-state index in [1.165, 1.54) is 25.7 Å². The summed E-state index contributed by atoms with van der Waals surface area (Å²) in [6.07, 6.45) is 4.97. The number of carbonyl (C=O) groups excluding carboxylic acids is 1. The van der Waals surface area contributed by atoms with Crippen LogP contribution in [0, 0.1) is 24.7 Å². The number of nitrogens with one attached hydrogen (secondary N) is 2. The molecule has 5 heteroatoms. The highest BCUT2D eigenvalue weighted by molar-refractivity contribution is 6.05. The quantitative estimate of drug-likeness (QED) is 0.694. The number of carbonyl (C=O) groups is 1. The number of aliphatic hydroxyl groups excluding tert-OH is 1. The molecular formula is C24H26N2O3. The highest BCUT2D eigenvalue weighted by Gasteiger charge is 2.19. The molecule has 4 rings (SSSR count). The molecule has 1 aliphatic carbocycles. The van der Waals surface area contributed by atoms with Gasteiger partial charge in [-0.25, -0.2) is 0 Å². The molecule has 150 valence electrons. The van der Waals surface area contributed by atoms with Crippen molar-refractivity contribution >= 4 is 17.3 Å². The molecule has 1 fully saturated rings. The van der Waals surface area contributed by atoms with Crippen LogP contribution in [0.1, 0.15) is 47.2 Å². The fourth-order valence-corrected chi connectivity index (χ4v) is 3.84. The number of aryl methyl sites for hydroxylation is 1.